The van der Waals surface area contributed by atoms with Crippen molar-refractivity contribution in [2.45, 2.75) is 171 Å². The van der Waals surface area contributed by atoms with E-state index in [2.05, 4.69) is 113 Å². The second-order valence-electron chi connectivity index (χ2n) is 22.0. The summed E-state index contributed by atoms with van der Waals surface area (Å²) < 4.78 is 26.2. The summed E-state index contributed by atoms with van der Waals surface area (Å²) in [5.74, 6) is 7.26. The van der Waals surface area contributed by atoms with E-state index in [0.29, 0.717) is 25.0 Å². The van der Waals surface area contributed by atoms with Gasteiger partial charge in [-0.2, -0.15) is 0 Å². The summed E-state index contributed by atoms with van der Waals surface area (Å²) in [6.45, 7) is 24.6. The molecule has 72 heavy (non-hydrogen) atoms. The fourth-order valence-electron chi connectivity index (χ4n) is 12.5. The number of H-pyrrole nitrogens is 3. The van der Waals surface area contributed by atoms with Crippen molar-refractivity contribution in [2.75, 3.05) is 26.2 Å². The molecule has 0 amide bonds. The lowest BCUT2D eigenvalue weighted by molar-refractivity contribution is 0.0796. The maximum absolute atomic E-state index is 13.3. The highest BCUT2D eigenvalue weighted by molar-refractivity contribution is 5.84. The molecule has 2 saturated carbocycles. The van der Waals surface area contributed by atoms with Gasteiger partial charge in [0.2, 0.25) is 0 Å². The smallest absolute Gasteiger partial charge is 0.125 e. The Bertz CT molecular complexity index is 2440. The first-order chi connectivity index (χ1) is 34.9. The quantitative estimate of drug-likeness (QED) is 0.0703. The summed E-state index contributed by atoms with van der Waals surface area (Å²) in [4.78, 5) is 12.1. The van der Waals surface area contributed by atoms with Crippen LogP contribution >= 0.6 is 0 Å². The highest BCUT2D eigenvalue weighted by Crippen LogP contribution is 2.38. The molecule has 9 atom stereocenters. The topological polar surface area (TPSA) is 103 Å². The van der Waals surface area contributed by atoms with E-state index in [9.17, 15) is 8.78 Å². The molecule has 1 saturated heterocycles. The summed E-state index contributed by atoms with van der Waals surface area (Å²) in [5, 5.41) is 3.38. The largest absolute Gasteiger partial charge is 0.361 e. The molecule has 9 rings (SSSR count). The standard InChI is InChI=1S/C21H29FN2.C12H24.C11H22.C10H11FN2.C10H12N2/c1-4-6-16-11-17(5-2)15(3)24(14-16)10-9-18-13-23-21-12-19(22)7-8-20(18)21;1-4-6-11-8-7-10(3)12(5-2)9-11;1-4-10-7-6-9(3)11(5-2)8-10;11-8-1-2-10-9(5-8)7(3-4-12)6-13-10;11-6-5-8-7-12-10-4-2-1-3-9(8)10/h4,6-8,12-13,15-17,23H,5,9-11,14H2,1-3H3;10-12H,4-9H2,1-3H3;9-11H,4-8H2,1-3H3;1-2,5-6,13H,3-4,12H2;1-4,7,12H,5-6,11H2/b6-4-;;;;. The predicted molar refractivity (Wildman–Crippen MR) is 308 cm³/mol. The molecule has 8 heteroatoms. The van der Waals surface area contributed by atoms with Crippen molar-refractivity contribution in [1.29, 1.82) is 0 Å². The number of rotatable bonds is 14. The number of nitrogens with zero attached hydrogens (tertiary/aromatic N) is 1. The molecule has 9 unspecified atom stereocenters. The van der Waals surface area contributed by atoms with Crippen LogP contribution in [-0.4, -0.2) is 52.1 Å². The first-order valence-corrected chi connectivity index (χ1v) is 28.7. The first kappa shape index (κ1) is 58.6. The second-order valence-corrected chi connectivity index (χ2v) is 22.0. The Balaban J connectivity index is 0.000000174. The van der Waals surface area contributed by atoms with Crippen molar-refractivity contribution in [1.82, 2.24) is 19.9 Å². The maximum atomic E-state index is 13.3. The lowest BCUT2D eigenvalue weighted by atomic mass is 9.72. The number of aromatic nitrogens is 3. The summed E-state index contributed by atoms with van der Waals surface area (Å²) in [6, 6.07) is 18.7. The monoisotopic (exact) mass is 989 g/mol. The van der Waals surface area contributed by atoms with Crippen LogP contribution in [0.1, 0.15) is 162 Å². The van der Waals surface area contributed by atoms with E-state index in [4.69, 9.17) is 11.5 Å². The van der Waals surface area contributed by atoms with Crippen molar-refractivity contribution < 1.29 is 8.78 Å². The fraction of sp³-hybridized carbons (Fsp3) is 0.594. The number of benzene rings is 3. The lowest BCUT2D eigenvalue weighted by Crippen LogP contribution is -2.47. The minimum absolute atomic E-state index is 0.180. The van der Waals surface area contributed by atoms with E-state index >= 15 is 0 Å². The average Bonchev–Trinajstić information content (AvgIpc) is 4.12. The Morgan fingerprint density at radius 3 is 1.74 bits per heavy atom. The van der Waals surface area contributed by atoms with Crippen LogP contribution in [0.5, 0.6) is 0 Å². The molecule has 3 aliphatic rings. The van der Waals surface area contributed by atoms with Crippen LogP contribution in [0, 0.1) is 59.0 Å². The number of piperidine rings is 1. The summed E-state index contributed by atoms with van der Waals surface area (Å²) in [6.07, 6.45) is 31.9. The van der Waals surface area contributed by atoms with Crippen LogP contribution in [0.4, 0.5) is 8.78 Å². The molecule has 3 aromatic carbocycles. The van der Waals surface area contributed by atoms with Crippen molar-refractivity contribution >= 4 is 32.7 Å². The van der Waals surface area contributed by atoms with Gasteiger partial charge in [-0.05, 0) is 172 Å². The van der Waals surface area contributed by atoms with Gasteiger partial charge in [0, 0.05) is 70.4 Å². The third-order valence-electron chi connectivity index (χ3n) is 17.2. The van der Waals surface area contributed by atoms with Crippen molar-refractivity contribution in [3.63, 3.8) is 0 Å². The van der Waals surface area contributed by atoms with Crippen LogP contribution in [-0.2, 0) is 19.3 Å². The van der Waals surface area contributed by atoms with E-state index < -0.39 is 0 Å². The zero-order chi connectivity index (χ0) is 52.0. The second kappa shape index (κ2) is 30.8. The summed E-state index contributed by atoms with van der Waals surface area (Å²) >= 11 is 0. The van der Waals surface area contributed by atoms with Crippen LogP contribution in [0.3, 0.4) is 0 Å². The number of hydrogen-bond donors (Lipinski definition) is 5. The van der Waals surface area contributed by atoms with Crippen molar-refractivity contribution in [2.24, 2.45) is 58.8 Å². The van der Waals surface area contributed by atoms with E-state index in [1.165, 1.54) is 118 Å². The lowest BCUT2D eigenvalue weighted by Gasteiger charge is -2.42. The molecular formula is C64H98F2N6. The zero-order valence-corrected chi connectivity index (χ0v) is 46.4. The maximum Gasteiger partial charge on any atom is 0.125 e. The molecule has 6 aromatic rings. The third kappa shape index (κ3) is 17.2. The molecule has 4 heterocycles. The molecule has 0 bridgehead atoms. The molecule has 3 fully saturated rings. The van der Waals surface area contributed by atoms with Crippen molar-refractivity contribution in [3.8, 4) is 0 Å². The van der Waals surface area contributed by atoms with Crippen LogP contribution in [0.25, 0.3) is 32.7 Å². The normalized spacial score (nSPS) is 24.4. The minimum Gasteiger partial charge on any atom is -0.361 e. The van der Waals surface area contributed by atoms with Gasteiger partial charge in [-0.15, -0.1) is 0 Å². The SMILES string of the molecule is C/C=C\C1CC(CC)C(C)N(CCc2c[nH]c3cc(F)ccc23)C1.CCC1CCC(C)C(CC)C1.CCCC1CCC(C)C(CC)C1.NCCc1c[nH]c2ccc(F)cc12.NCCc1c[nH]c2ccccc12. The van der Waals surface area contributed by atoms with Crippen LogP contribution in [0.15, 0.2) is 91.4 Å². The van der Waals surface area contributed by atoms with Gasteiger partial charge in [-0.3, -0.25) is 4.90 Å². The molecule has 6 nitrogen and oxygen atoms in total. The number of fused-ring (bicyclic) bond motifs is 3. The van der Waals surface area contributed by atoms with Gasteiger partial charge in [0.05, 0.1) is 0 Å². The average molecular weight is 990 g/mol. The Morgan fingerprint density at radius 2 is 1.12 bits per heavy atom. The van der Waals surface area contributed by atoms with Crippen molar-refractivity contribution in [3.05, 3.63) is 120 Å². The molecule has 2 aliphatic carbocycles. The number of hydrogen-bond acceptors (Lipinski definition) is 3. The highest BCUT2D eigenvalue weighted by atomic mass is 19.1. The molecular weight excluding hydrogens is 891 g/mol. The van der Waals surface area contributed by atoms with Gasteiger partial charge in [-0.1, -0.05) is 143 Å². The number of nitrogens with two attached hydrogens (primary N) is 2. The number of likely N-dealkylation sites (tertiary alicyclic amines) is 1. The third-order valence-corrected chi connectivity index (χ3v) is 17.2. The van der Waals surface area contributed by atoms with E-state index in [0.717, 1.165) is 101 Å². The number of para-hydroxylation sites is 1. The molecule has 0 radical (unpaired) electrons. The number of nitrogens with one attached hydrogen (secondary N) is 3. The van der Waals surface area contributed by atoms with Gasteiger partial charge < -0.3 is 26.4 Å². The van der Waals surface area contributed by atoms with Gasteiger partial charge in [0.15, 0.2) is 0 Å². The molecule has 7 N–H and O–H groups in total. The predicted octanol–water partition coefficient (Wildman–Crippen LogP) is 16.7. The van der Waals surface area contributed by atoms with Gasteiger partial charge in [0.1, 0.15) is 11.6 Å². The summed E-state index contributed by atoms with van der Waals surface area (Å²) in [5.41, 5.74) is 17.7. The van der Waals surface area contributed by atoms with Gasteiger partial charge >= 0.3 is 0 Å². The minimum atomic E-state index is -0.203. The molecule has 1 aliphatic heterocycles. The fourth-order valence-corrected chi connectivity index (χ4v) is 12.5. The molecule has 3 aromatic heterocycles. The van der Waals surface area contributed by atoms with Gasteiger partial charge in [0.25, 0.3) is 0 Å². The number of halogens is 2. The van der Waals surface area contributed by atoms with Crippen LogP contribution in [0.2, 0.25) is 0 Å². The Hall–Kier alpha value is -4.24. The van der Waals surface area contributed by atoms with E-state index in [1.807, 2.05) is 30.7 Å². The first-order valence-electron chi connectivity index (χ1n) is 28.7. The number of allylic oxidation sites excluding steroid dienone is 1. The summed E-state index contributed by atoms with van der Waals surface area (Å²) in [7, 11) is 0. The zero-order valence-electron chi connectivity index (χ0n) is 46.4. The highest BCUT2D eigenvalue weighted by Gasteiger charge is 2.31. The molecule has 398 valence electrons. The van der Waals surface area contributed by atoms with Gasteiger partial charge in [-0.25, -0.2) is 8.78 Å². The number of aromatic amines is 3. The van der Waals surface area contributed by atoms with E-state index in [-0.39, 0.29) is 11.6 Å². The van der Waals surface area contributed by atoms with Crippen LogP contribution < -0.4 is 11.5 Å². The Morgan fingerprint density at radius 1 is 0.583 bits per heavy atom. The Kier molecular flexibility index (Phi) is 25.1. The molecule has 0 spiro atoms. The Labute approximate surface area is 435 Å². The van der Waals surface area contributed by atoms with E-state index in [1.54, 1.807) is 18.2 Å².